The van der Waals surface area contributed by atoms with Crippen molar-refractivity contribution in [2.45, 2.75) is 20.3 Å². The summed E-state index contributed by atoms with van der Waals surface area (Å²) in [4.78, 5) is 34.9. The molecule has 3 N–H and O–H groups in total. The molecule has 2 amide bonds. The van der Waals surface area contributed by atoms with Gasteiger partial charge >= 0.3 is 0 Å². The summed E-state index contributed by atoms with van der Waals surface area (Å²) in [5.74, 6) is -0.598. The topological polar surface area (TPSA) is 111 Å². The highest BCUT2D eigenvalue weighted by molar-refractivity contribution is 7.13. The minimum atomic E-state index is -0.505. The second-order valence-corrected chi connectivity index (χ2v) is 7.87. The van der Waals surface area contributed by atoms with Gasteiger partial charge in [-0.05, 0) is 18.6 Å². The van der Waals surface area contributed by atoms with E-state index in [0.29, 0.717) is 18.0 Å². The number of likely N-dealkylation sites (tertiary alicyclic amines) is 1. The number of carbonyl (C=O) groups is 2. The lowest BCUT2D eigenvalue weighted by atomic mass is 9.92. The standard InChI is InChI=1S/C19H22N6O2S/c1-19(2)6-9-25(18(19)27)15(20)13(10-21-3)23-16(26)14-11-28-17(24-14)12-4-7-22-8-5-12/h4-5,7-8,10-11,20-21H,6,9H2,1-3H3,(H,23,26)/b13-10+,20-15?. The molecule has 2 aromatic heterocycles. The molecular weight excluding hydrogens is 376 g/mol. The van der Waals surface area contributed by atoms with Gasteiger partial charge in [0.1, 0.15) is 10.7 Å². The maximum absolute atomic E-state index is 12.7. The third kappa shape index (κ3) is 3.94. The Morgan fingerprint density at radius 2 is 2.07 bits per heavy atom. The van der Waals surface area contributed by atoms with E-state index >= 15 is 0 Å². The SMILES string of the molecule is CN/C=C(/NC(=O)c1csc(-c2ccncc2)n1)C(=N)N1CCC(C)(C)C1=O. The predicted molar refractivity (Wildman–Crippen MR) is 108 cm³/mol. The van der Waals surface area contributed by atoms with Crippen molar-refractivity contribution in [2.24, 2.45) is 5.41 Å². The molecule has 3 heterocycles. The first-order valence-electron chi connectivity index (χ1n) is 8.79. The van der Waals surface area contributed by atoms with E-state index in [0.717, 1.165) is 5.56 Å². The number of aromatic nitrogens is 2. The van der Waals surface area contributed by atoms with Crippen molar-refractivity contribution in [1.82, 2.24) is 25.5 Å². The summed E-state index contributed by atoms with van der Waals surface area (Å²) in [6.07, 6.45) is 5.49. The molecule has 9 heteroatoms. The van der Waals surface area contributed by atoms with Gasteiger partial charge < -0.3 is 10.6 Å². The number of amides is 2. The first kappa shape index (κ1) is 19.7. The highest BCUT2D eigenvalue weighted by Crippen LogP contribution is 2.31. The lowest BCUT2D eigenvalue weighted by molar-refractivity contribution is -0.131. The number of nitrogens with one attached hydrogen (secondary N) is 3. The number of hydrogen-bond donors (Lipinski definition) is 3. The zero-order valence-electron chi connectivity index (χ0n) is 15.9. The van der Waals surface area contributed by atoms with Crippen molar-refractivity contribution in [3.63, 3.8) is 0 Å². The van der Waals surface area contributed by atoms with Crippen LogP contribution in [0.3, 0.4) is 0 Å². The van der Waals surface area contributed by atoms with Gasteiger partial charge in [-0.3, -0.25) is 24.9 Å². The van der Waals surface area contributed by atoms with Crippen molar-refractivity contribution < 1.29 is 9.59 Å². The Labute approximate surface area is 167 Å². The van der Waals surface area contributed by atoms with Crippen molar-refractivity contribution in [1.29, 1.82) is 5.41 Å². The van der Waals surface area contributed by atoms with Crippen LogP contribution < -0.4 is 10.6 Å². The number of carbonyl (C=O) groups excluding carboxylic acids is 2. The van der Waals surface area contributed by atoms with E-state index < -0.39 is 11.3 Å². The van der Waals surface area contributed by atoms with Crippen LogP contribution in [0.15, 0.2) is 41.8 Å². The molecule has 0 bridgehead atoms. The Bertz CT molecular complexity index is 935. The van der Waals surface area contributed by atoms with Crippen LogP contribution in [0.1, 0.15) is 30.8 Å². The van der Waals surface area contributed by atoms with Crippen LogP contribution in [0.5, 0.6) is 0 Å². The first-order valence-corrected chi connectivity index (χ1v) is 9.67. The molecule has 0 spiro atoms. The number of amidine groups is 1. The molecule has 146 valence electrons. The highest BCUT2D eigenvalue weighted by Gasteiger charge is 2.41. The Morgan fingerprint density at radius 3 is 2.68 bits per heavy atom. The van der Waals surface area contributed by atoms with Gasteiger partial charge in [-0.1, -0.05) is 13.8 Å². The number of rotatable bonds is 5. The van der Waals surface area contributed by atoms with Crippen molar-refractivity contribution in [2.75, 3.05) is 13.6 Å². The molecule has 1 aliphatic heterocycles. The molecule has 0 radical (unpaired) electrons. The van der Waals surface area contributed by atoms with E-state index in [-0.39, 0.29) is 23.1 Å². The molecule has 2 aromatic rings. The van der Waals surface area contributed by atoms with E-state index in [9.17, 15) is 9.59 Å². The summed E-state index contributed by atoms with van der Waals surface area (Å²) < 4.78 is 0. The molecule has 0 aliphatic carbocycles. The fourth-order valence-electron chi connectivity index (χ4n) is 2.82. The Morgan fingerprint density at radius 1 is 1.36 bits per heavy atom. The maximum atomic E-state index is 12.7. The predicted octanol–water partition coefficient (Wildman–Crippen LogP) is 2.23. The summed E-state index contributed by atoms with van der Waals surface area (Å²) in [5, 5.41) is 16.3. The molecule has 1 aliphatic rings. The molecule has 8 nitrogen and oxygen atoms in total. The number of nitrogens with zero attached hydrogens (tertiary/aromatic N) is 3. The van der Waals surface area contributed by atoms with Gasteiger partial charge in [0.05, 0.1) is 5.70 Å². The largest absolute Gasteiger partial charge is 0.392 e. The molecule has 0 saturated carbocycles. The van der Waals surface area contributed by atoms with Gasteiger partial charge in [0.25, 0.3) is 5.91 Å². The first-order chi connectivity index (χ1) is 13.3. The van der Waals surface area contributed by atoms with Gasteiger partial charge in [-0.15, -0.1) is 11.3 Å². The van der Waals surface area contributed by atoms with Crippen LogP contribution in [-0.2, 0) is 4.79 Å². The second kappa shape index (κ2) is 7.89. The van der Waals surface area contributed by atoms with Crippen LogP contribution in [0, 0.1) is 10.8 Å². The lowest BCUT2D eigenvalue weighted by Gasteiger charge is -2.22. The molecule has 0 aromatic carbocycles. The van der Waals surface area contributed by atoms with Crippen LogP contribution in [0.4, 0.5) is 0 Å². The van der Waals surface area contributed by atoms with E-state index in [2.05, 4.69) is 20.6 Å². The fraction of sp³-hybridized carbons (Fsp3) is 0.316. The van der Waals surface area contributed by atoms with Crippen LogP contribution >= 0.6 is 11.3 Å². The quantitative estimate of drug-likeness (QED) is 0.528. The van der Waals surface area contributed by atoms with Gasteiger partial charge in [-0.25, -0.2) is 4.98 Å². The minimum Gasteiger partial charge on any atom is -0.392 e. The molecule has 0 unspecified atom stereocenters. The van der Waals surface area contributed by atoms with Gasteiger partial charge in [-0.2, -0.15) is 0 Å². The van der Waals surface area contributed by atoms with Gasteiger partial charge in [0.15, 0.2) is 5.84 Å². The molecule has 0 atom stereocenters. The smallest absolute Gasteiger partial charge is 0.275 e. The number of thiazole rings is 1. The normalized spacial score (nSPS) is 16.2. The summed E-state index contributed by atoms with van der Waals surface area (Å²) >= 11 is 1.35. The lowest BCUT2D eigenvalue weighted by Crippen LogP contribution is -2.41. The van der Waals surface area contributed by atoms with Crippen molar-refractivity contribution in [3.8, 4) is 10.6 Å². The van der Waals surface area contributed by atoms with Gasteiger partial charge in [0, 0.05) is 48.5 Å². The summed E-state index contributed by atoms with van der Waals surface area (Å²) in [6.45, 7) is 4.17. The third-order valence-corrected chi connectivity index (χ3v) is 5.40. The summed E-state index contributed by atoms with van der Waals surface area (Å²) in [5.41, 5.74) is 0.842. The zero-order valence-corrected chi connectivity index (χ0v) is 16.8. The van der Waals surface area contributed by atoms with E-state index in [1.165, 1.54) is 22.4 Å². The Balaban J connectivity index is 1.75. The van der Waals surface area contributed by atoms with E-state index in [4.69, 9.17) is 5.41 Å². The van der Waals surface area contributed by atoms with Crippen LogP contribution in [0.25, 0.3) is 10.6 Å². The highest BCUT2D eigenvalue weighted by atomic mass is 32.1. The van der Waals surface area contributed by atoms with Crippen LogP contribution in [0.2, 0.25) is 0 Å². The fourth-order valence-corrected chi connectivity index (χ4v) is 3.63. The van der Waals surface area contributed by atoms with Crippen molar-refractivity contribution >= 4 is 29.0 Å². The monoisotopic (exact) mass is 398 g/mol. The Hall–Kier alpha value is -3.07. The molecular formula is C19H22N6O2S. The van der Waals surface area contributed by atoms with Crippen molar-refractivity contribution in [3.05, 3.63) is 47.5 Å². The third-order valence-electron chi connectivity index (χ3n) is 4.51. The minimum absolute atomic E-state index is 0.0390. The number of pyridine rings is 1. The molecule has 1 saturated heterocycles. The summed E-state index contributed by atoms with van der Waals surface area (Å²) in [6, 6.07) is 3.65. The summed E-state index contributed by atoms with van der Waals surface area (Å²) in [7, 11) is 1.67. The van der Waals surface area contributed by atoms with E-state index in [1.807, 2.05) is 26.0 Å². The maximum Gasteiger partial charge on any atom is 0.275 e. The second-order valence-electron chi connectivity index (χ2n) is 7.01. The average molecular weight is 398 g/mol. The zero-order chi connectivity index (χ0) is 20.3. The Kier molecular flexibility index (Phi) is 5.55. The van der Waals surface area contributed by atoms with Crippen LogP contribution in [-0.4, -0.2) is 46.1 Å². The number of hydrogen-bond acceptors (Lipinski definition) is 7. The molecule has 28 heavy (non-hydrogen) atoms. The average Bonchev–Trinajstić information content (AvgIpc) is 3.27. The van der Waals surface area contributed by atoms with Gasteiger partial charge in [0.2, 0.25) is 5.91 Å². The molecule has 1 fully saturated rings. The molecule has 3 rings (SSSR count). The van der Waals surface area contributed by atoms with E-state index in [1.54, 1.807) is 24.8 Å².